The van der Waals surface area contributed by atoms with Crippen molar-refractivity contribution in [2.75, 3.05) is 29.9 Å². The molecule has 2 aromatic heterocycles. The van der Waals surface area contributed by atoms with Crippen LogP contribution in [0.2, 0.25) is 0 Å². The third kappa shape index (κ3) is 7.25. The zero-order chi connectivity index (χ0) is 32.7. The quantitative estimate of drug-likeness (QED) is 0.236. The van der Waals surface area contributed by atoms with Gasteiger partial charge in [-0.3, -0.25) is 14.1 Å². The Kier molecular flexibility index (Phi) is 9.49. The van der Waals surface area contributed by atoms with Crippen LogP contribution in [0.25, 0.3) is 22.2 Å². The summed E-state index contributed by atoms with van der Waals surface area (Å²) in [5, 5.41) is 3.28. The Morgan fingerprint density at radius 3 is 2.36 bits per heavy atom. The minimum atomic E-state index is -4.91. The monoisotopic (exact) mass is 652 g/mol. The maximum absolute atomic E-state index is 15.2. The number of aromatic nitrogens is 3. The summed E-state index contributed by atoms with van der Waals surface area (Å²) in [4.78, 5) is 24.0. The Labute approximate surface area is 248 Å². The topological polar surface area (TPSA) is 109 Å². The molecular formula is C27H31F7N6O3S. The number of sulfonamides is 1. The van der Waals surface area contributed by atoms with Crippen molar-refractivity contribution in [1.29, 1.82) is 0 Å². The van der Waals surface area contributed by atoms with Crippen LogP contribution in [0.1, 0.15) is 45.6 Å². The first kappa shape index (κ1) is 33.4. The summed E-state index contributed by atoms with van der Waals surface area (Å²) >= 11 is 0. The van der Waals surface area contributed by atoms with E-state index < -0.39 is 80.4 Å². The average molecular weight is 653 g/mol. The summed E-state index contributed by atoms with van der Waals surface area (Å²) in [6.07, 6.45) is -4.98. The molecule has 1 fully saturated rings. The Morgan fingerprint density at radius 2 is 1.77 bits per heavy atom. The van der Waals surface area contributed by atoms with Gasteiger partial charge in [0.15, 0.2) is 17.5 Å². The fraction of sp³-hybridized carbons (Fsp3) is 0.519. The number of alkyl halides is 4. The van der Waals surface area contributed by atoms with E-state index in [1.807, 2.05) is 19.0 Å². The lowest BCUT2D eigenvalue weighted by Crippen LogP contribution is -2.44. The molecule has 1 saturated carbocycles. The highest BCUT2D eigenvalue weighted by atomic mass is 32.2. The highest BCUT2D eigenvalue weighted by molar-refractivity contribution is 7.92. The van der Waals surface area contributed by atoms with Crippen LogP contribution >= 0.6 is 0 Å². The molecule has 17 heteroatoms. The lowest BCUT2D eigenvalue weighted by molar-refractivity contribution is -0.129. The Balaban J connectivity index is 1.70. The molecule has 9 nitrogen and oxygen atoms in total. The summed E-state index contributed by atoms with van der Waals surface area (Å²) < 4.78 is 124. The van der Waals surface area contributed by atoms with Crippen LogP contribution in [0.15, 0.2) is 23.1 Å². The third-order valence-corrected chi connectivity index (χ3v) is 8.64. The van der Waals surface area contributed by atoms with Crippen LogP contribution in [0, 0.1) is 17.5 Å². The molecule has 44 heavy (non-hydrogen) atoms. The van der Waals surface area contributed by atoms with Gasteiger partial charge in [0, 0.05) is 41.7 Å². The zero-order valence-corrected chi connectivity index (χ0v) is 25.0. The van der Waals surface area contributed by atoms with Gasteiger partial charge in [-0.2, -0.15) is 18.2 Å². The smallest absolute Gasteiger partial charge is 0.351 e. The second-order valence-corrected chi connectivity index (χ2v) is 13.0. The molecule has 1 aliphatic carbocycles. The average Bonchev–Trinajstić information content (AvgIpc) is 2.91. The normalized spacial score (nSPS) is 19.6. The van der Waals surface area contributed by atoms with Crippen molar-refractivity contribution in [2.45, 2.75) is 70.0 Å². The zero-order valence-electron chi connectivity index (χ0n) is 24.1. The first-order valence-corrected chi connectivity index (χ1v) is 15.3. The number of anilines is 2. The molecule has 2 heterocycles. The molecule has 0 radical (unpaired) electrons. The van der Waals surface area contributed by atoms with Gasteiger partial charge in [-0.1, -0.05) is 0 Å². The van der Waals surface area contributed by atoms with Crippen molar-refractivity contribution in [3.05, 3.63) is 46.1 Å². The van der Waals surface area contributed by atoms with E-state index in [-0.39, 0.29) is 35.5 Å². The number of hydrogen-bond acceptors (Lipinski definition) is 7. The van der Waals surface area contributed by atoms with Crippen molar-refractivity contribution < 1.29 is 39.2 Å². The molecule has 1 aliphatic rings. The maximum atomic E-state index is 15.2. The number of nitrogens with zero attached hydrogens (tertiary/aromatic N) is 4. The molecule has 3 unspecified atom stereocenters. The van der Waals surface area contributed by atoms with E-state index in [1.54, 1.807) is 13.8 Å². The molecule has 1 aromatic carbocycles. The lowest BCUT2D eigenvalue weighted by Gasteiger charge is -2.35. The first-order chi connectivity index (χ1) is 20.4. The van der Waals surface area contributed by atoms with Crippen molar-refractivity contribution in [1.82, 2.24) is 19.4 Å². The number of halogens is 7. The van der Waals surface area contributed by atoms with Gasteiger partial charge in [-0.25, -0.2) is 31.0 Å². The summed E-state index contributed by atoms with van der Waals surface area (Å²) in [5.74, 6) is -6.94. The largest absolute Gasteiger partial charge is 0.390 e. The highest BCUT2D eigenvalue weighted by Gasteiger charge is 2.33. The van der Waals surface area contributed by atoms with Crippen LogP contribution in [-0.2, 0) is 10.0 Å². The van der Waals surface area contributed by atoms with Gasteiger partial charge in [0.2, 0.25) is 16.0 Å². The summed E-state index contributed by atoms with van der Waals surface area (Å²) in [6, 6.07) is 0.415. The number of fused-ring (bicyclic) bond motifs is 1. The van der Waals surface area contributed by atoms with Crippen molar-refractivity contribution >= 4 is 32.7 Å². The number of hydrogen-bond donors (Lipinski definition) is 2. The summed E-state index contributed by atoms with van der Waals surface area (Å²) in [7, 11) is -1.30. The highest BCUT2D eigenvalue weighted by Crippen LogP contribution is 2.33. The maximum Gasteiger partial charge on any atom is 0.390 e. The Morgan fingerprint density at radius 1 is 1.09 bits per heavy atom. The van der Waals surface area contributed by atoms with E-state index in [0.29, 0.717) is 18.9 Å². The van der Waals surface area contributed by atoms with Crippen molar-refractivity contribution in [2.24, 2.45) is 0 Å². The first-order valence-electron chi connectivity index (χ1n) is 13.6. The van der Waals surface area contributed by atoms with Gasteiger partial charge in [-0.15, -0.1) is 0 Å². The van der Waals surface area contributed by atoms with E-state index in [0.717, 1.165) is 10.6 Å². The number of pyridine rings is 1. The fourth-order valence-electron chi connectivity index (χ4n) is 5.20. The second-order valence-electron chi connectivity index (χ2n) is 11.2. The van der Waals surface area contributed by atoms with Gasteiger partial charge < -0.3 is 10.2 Å². The van der Waals surface area contributed by atoms with Crippen LogP contribution in [-0.4, -0.2) is 72.1 Å². The molecular weight excluding hydrogens is 621 g/mol. The van der Waals surface area contributed by atoms with Crippen molar-refractivity contribution in [3.63, 3.8) is 0 Å². The van der Waals surface area contributed by atoms with Gasteiger partial charge in [0.25, 0.3) is 5.56 Å². The molecule has 242 valence electrons. The third-order valence-electron chi connectivity index (χ3n) is 7.38. The van der Waals surface area contributed by atoms with E-state index in [1.165, 1.54) is 10.9 Å². The molecule has 0 amide bonds. The predicted molar refractivity (Wildman–Crippen MR) is 151 cm³/mol. The molecule has 0 spiro atoms. The lowest BCUT2D eigenvalue weighted by atomic mass is 9.89. The van der Waals surface area contributed by atoms with Gasteiger partial charge in [-0.05, 0) is 52.9 Å². The predicted octanol–water partition coefficient (Wildman–Crippen LogP) is 5.38. The SMILES string of the molecule is CC(C)n1c(=O)c(-c2cc(F)c(NS(=O)(=O)CCC(F)(F)F)c(F)c2F)cc2cnc(NC3CCC(N(C)C)C(F)C3)nc21. The molecule has 0 saturated heterocycles. The minimum absolute atomic E-state index is 0.112. The second kappa shape index (κ2) is 12.5. The van der Waals surface area contributed by atoms with Gasteiger partial charge in [0.05, 0.1) is 17.7 Å². The van der Waals surface area contributed by atoms with Crippen molar-refractivity contribution in [3.8, 4) is 11.1 Å². The number of nitrogens with one attached hydrogen (secondary N) is 2. The summed E-state index contributed by atoms with van der Waals surface area (Å²) in [6.45, 7) is 3.23. The van der Waals surface area contributed by atoms with Gasteiger partial charge in [0.1, 0.15) is 17.5 Å². The fourth-order valence-corrected chi connectivity index (χ4v) is 6.30. The van der Waals surface area contributed by atoms with Crippen LogP contribution in [0.3, 0.4) is 0 Å². The molecule has 0 aliphatic heterocycles. The molecule has 0 bridgehead atoms. The van der Waals surface area contributed by atoms with Crippen LogP contribution < -0.4 is 15.6 Å². The summed E-state index contributed by atoms with van der Waals surface area (Å²) in [5.41, 5.74) is -3.65. The molecule has 3 aromatic rings. The Bertz CT molecular complexity index is 1710. The van der Waals surface area contributed by atoms with E-state index in [2.05, 4.69) is 15.3 Å². The van der Waals surface area contributed by atoms with E-state index >= 15 is 4.39 Å². The standard InChI is InChI=1S/C27H31F7N6O3S/c1-13(2)40-24-14(12-35-26(37-24)36-15-5-6-20(39(3)4)18(28)10-15)9-17(25(40)41)16-11-19(29)23(22(31)21(16)30)38-44(42,43)8-7-27(32,33)34/h9,11-13,15,18,20,38H,5-8,10H2,1-4H3,(H,35,36,37). The van der Waals surface area contributed by atoms with Crippen LogP contribution in [0.5, 0.6) is 0 Å². The Hall–Kier alpha value is -3.47. The molecule has 3 atom stereocenters. The number of benzene rings is 1. The minimum Gasteiger partial charge on any atom is -0.351 e. The number of rotatable bonds is 9. The van der Waals surface area contributed by atoms with Gasteiger partial charge >= 0.3 is 6.18 Å². The van der Waals surface area contributed by atoms with Crippen LogP contribution in [0.4, 0.5) is 42.4 Å². The van der Waals surface area contributed by atoms with E-state index in [9.17, 15) is 39.6 Å². The molecule has 4 rings (SSSR count). The molecule has 2 N–H and O–H groups in total. The van der Waals surface area contributed by atoms with E-state index in [4.69, 9.17) is 0 Å².